The average Bonchev–Trinajstić information content (AvgIpc) is 2.94. The highest BCUT2D eigenvalue weighted by molar-refractivity contribution is 7.15. The molecule has 0 atom stereocenters. The molecule has 20 heavy (non-hydrogen) atoms. The summed E-state index contributed by atoms with van der Waals surface area (Å²) in [5.74, 6) is 0.167. The van der Waals surface area contributed by atoms with Gasteiger partial charge in [-0.3, -0.25) is 4.79 Å². The predicted octanol–water partition coefficient (Wildman–Crippen LogP) is 1.72. The molecule has 1 aromatic heterocycles. The van der Waals surface area contributed by atoms with E-state index in [4.69, 9.17) is 0 Å². The molecule has 0 bridgehead atoms. The van der Waals surface area contributed by atoms with Crippen LogP contribution in [0.5, 0.6) is 0 Å². The van der Waals surface area contributed by atoms with Crippen molar-refractivity contribution in [1.82, 2.24) is 9.88 Å². The second-order valence-corrected chi connectivity index (χ2v) is 6.13. The van der Waals surface area contributed by atoms with Crippen molar-refractivity contribution in [2.24, 2.45) is 0 Å². The van der Waals surface area contributed by atoms with Crippen LogP contribution in [-0.4, -0.2) is 47.8 Å². The molecule has 0 radical (unpaired) electrons. The minimum Gasteiger partial charge on any atom is -0.345 e. The van der Waals surface area contributed by atoms with Gasteiger partial charge in [-0.05, 0) is 13.3 Å². The van der Waals surface area contributed by atoms with Gasteiger partial charge in [0.05, 0.1) is 0 Å². The van der Waals surface area contributed by atoms with Crippen LogP contribution >= 0.6 is 11.3 Å². The van der Waals surface area contributed by atoms with Gasteiger partial charge in [-0.2, -0.15) is 0 Å². The van der Waals surface area contributed by atoms with Crippen LogP contribution in [0.15, 0.2) is 6.20 Å². The lowest BCUT2D eigenvalue weighted by Crippen LogP contribution is -2.48. The third kappa shape index (κ3) is 3.79. The lowest BCUT2D eigenvalue weighted by atomic mass is 10.2. The van der Waals surface area contributed by atoms with Crippen LogP contribution in [0.1, 0.15) is 31.6 Å². The van der Waals surface area contributed by atoms with Crippen LogP contribution in [0.25, 0.3) is 0 Å². The smallest absolute Gasteiger partial charge is 0.223 e. The standard InChI is InChI=1S/C14H21N3O2S/c1-3-12-10-15-14(20-12)17-8-6-16(7-9-17)13(19)5-4-11(2)18/h10H,3-9H2,1-2H3. The summed E-state index contributed by atoms with van der Waals surface area (Å²) in [5.41, 5.74) is 0. The highest BCUT2D eigenvalue weighted by Gasteiger charge is 2.22. The third-order valence-electron chi connectivity index (χ3n) is 3.48. The molecule has 0 saturated carbocycles. The molecule has 110 valence electrons. The van der Waals surface area contributed by atoms with E-state index in [0.29, 0.717) is 12.8 Å². The van der Waals surface area contributed by atoms with E-state index in [2.05, 4.69) is 16.8 Å². The first kappa shape index (κ1) is 15.0. The zero-order valence-corrected chi connectivity index (χ0v) is 12.9. The summed E-state index contributed by atoms with van der Waals surface area (Å²) in [6.45, 7) is 6.74. The SMILES string of the molecule is CCc1cnc(N2CCN(C(=O)CCC(C)=O)CC2)s1. The third-order valence-corrected chi connectivity index (χ3v) is 4.69. The molecule has 0 aromatic carbocycles. The summed E-state index contributed by atoms with van der Waals surface area (Å²) in [7, 11) is 0. The molecular weight excluding hydrogens is 274 g/mol. The number of ketones is 1. The Balaban J connectivity index is 1.82. The van der Waals surface area contributed by atoms with Crippen LogP contribution in [0.2, 0.25) is 0 Å². The minimum absolute atomic E-state index is 0.0758. The van der Waals surface area contributed by atoms with E-state index in [-0.39, 0.29) is 11.7 Å². The van der Waals surface area contributed by atoms with Crippen LogP contribution in [-0.2, 0) is 16.0 Å². The molecule has 2 heterocycles. The Hall–Kier alpha value is -1.43. The fourth-order valence-electron chi connectivity index (χ4n) is 2.20. The van der Waals surface area contributed by atoms with E-state index in [9.17, 15) is 9.59 Å². The molecule has 2 rings (SSSR count). The highest BCUT2D eigenvalue weighted by Crippen LogP contribution is 2.23. The first-order valence-electron chi connectivity index (χ1n) is 7.07. The number of rotatable bonds is 5. The van der Waals surface area contributed by atoms with Crippen molar-refractivity contribution in [2.45, 2.75) is 33.1 Å². The number of amides is 1. The Morgan fingerprint density at radius 3 is 2.50 bits per heavy atom. The molecule has 1 amide bonds. The van der Waals surface area contributed by atoms with E-state index in [0.717, 1.165) is 37.7 Å². The summed E-state index contributed by atoms with van der Waals surface area (Å²) in [4.78, 5) is 32.7. The number of hydrogen-bond donors (Lipinski definition) is 0. The predicted molar refractivity (Wildman–Crippen MR) is 80.2 cm³/mol. The molecule has 0 unspecified atom stereocenters. The number of Topliss-reactive ketones (excluding diaryl/α,β-unsaturated/α-hetero) is 1. The molecule has 0 spiro atoms. The van der Waals surface area contributed by atoms with E-state index in [1.165, 1.54) is 11.8 Å². The van der Waals surface area contributed by atoms with Crippen LogP contribution in [0, 0.1) is 0 Å². The number of aromatic nitrogens is 1. The number of anilines is 1. The zero-order chi connectivity index (χ0) is 14.5. The van der Waals surface area contributed by atoms with Crippen molar-refractivity contribution >= 4 is 28.2 Å². The van der Waals surface area contributed by atoms with Crippen molar-refractivity contribution in [3.8, 4) is 0 Å². The number of nitrogens with zero attached hydrogens (tertiary/aromatic N) is 3. The summed E-state index contributed by atoms with van der Waals surface area (Å²) in [6.07, 6.45) is 3.64. The summed E-state index contributed by atoms with van der Waals surface area (Å²) < 4.78 is 0. The lowest BCUT2D eigenvalue weighted by Gasteiger charge is -2.34. The van der Waals surface area contributed by atoms with Crippen LogP contribution in [0.3, 0.4) is 0 Å². The second kappa shape index (κ2) is 6.83. The zero-order valence-electron chi connectivity index (χ0n) is 12.1. The summed E-state index contributed by atoms with van der Waals surface area (Å²) in [6, 6.07) is 0. The average molecular weight is 295 g/mol. The van der Waals surface area contributed by atoms with Crippen molar-refractivity contribution in [3.05, 3.63) is 11.1 Å². The van der Waals surface area contributed by atoms with Crippen LogP contribution in [0.4, 0.5) is 5.13 Å². The Morgan fingerprint density at radius 2 is 1.95 bits per heavy atom. The maximum absolute atomic E-state index is 11.9. The largest absolute Gasteiger partial charge is 0.345 e. The van der Waals surface area contributed by atoms with Gasteiger partial charge in [0, 0.05) is 50.1 Å². The molecule has 1 fully saturated rings. The summed E-state index contributed by atoms with van der Waals surface area (Å²) in [5, 5.41) is 1.05. The van der Waals surface area contributed by atoms with Crippen molar-refractivity contribution in [3.63, 3.8) is 0 Å². The molecule has 0 N–H and O–H groups in total. The maximum atomic E-state index is 11.9. The molecule has 0 aliphatic carbocycles. The normalized spacial score (nSPS) is 15.5. The lowest BCUT2D eigenvalue weighted by molar-refractivity contribution is -0.133. The van der Waals surface area contributed by atoms with Gasteiger partial charge >= 0.3 is 0 Å². The van der Waals surface area contributed by atoms with Gasteiger partial charge in [0.2, 0.25) is 5.91 Å². The first-order chi connectivity index (χ1) is 9.60. The fraction of sp³-hybridized carbons (Fsp3) is 0.643. The topological polar surface area (TPSA) is 53.5 Å². The Bertz CT molecular complexity index is 479. The van der Waals surface area contributed by atoms with Crippen LogP contribution < -0.4 is 4.90 Å². The molecule has 1 saturated heterocycles. The number of hydrogen-bond acceptors (Lipinski definition) is 5. The minimum atomic E-state index is 0.0758. The fourth-order valence-corrected chi connectivity index (χ4v) is 3.10. The summed E-state index contributed by atoms with van der Waals surface area (Å²) >= 11 is 1.73. The quantitative estimate of drug-likeness (QED) is 0.830. The highest BCUT2D eigenvalue weighted by atomic mass is 32.1. The number of thiazole rings is 1. The van der Waals surface area contributed by atoms with Gasteiger partial charge in [0.1, 0.15) is 5.78 Å². The van der Waals surface area contributed by atoms with Gasteiger partial charge in [-0.15, -0.1) is 11.3 Å². The molecule has 1 aliphatic rings. The molecule has 1 aromatic rings. The van der Waals surface area contributed by atoms with Gasteiger partial charge in [-0.1, -0.05) is 6.92 Å². The Labute approximate surface area is 123 Å². The van der Waals surface area contributed by atoms with Crippen molar-refractivity contribution in [1.29, 1.82) is 0 Å². The molecule has 1 aliphatic heterocycles. The number of carbonyl (C=O) groups excluding carboxylic acids is 2. The molecule has 5 nitrogen and oxygen atoms in total. The second-order valence-electron chi connectivity index (χ2n) is 5.03. The van der Waals surface area contributed by atoms with Gasteiger partial charge in [0.25, 0.3) is 0 Å². The van der Waals surface area contributed by atoms with Gasteiger partial charge < -0.3 is 14.6 Å². The Morgan fingerprint density at radius 1 is 1.25 bits per heavy atom. The maximum Gasteiger partial charge on any atom is 0.223 e. The van der Waals surface area contributed by atoms with Gasteiger partial charge in [-0.25, -0.2) is 4.98 Å². The Kier molecular flexibility index (Phi) is 5.11. The van der Waals surface area contributed by atoms with E-state index < -0.39 is 0 Å². The number of aryl methyl sites for hydroxylation is 1. The van der Waals surface area contributed by atoms with E-state index >= 15 is 0 Å². The first-order valence-corrected chi connectivity index (χ1v) is 7.88. The monoisotopic (exact) mass is 295 g/mol. The van der Waals surface area contributed by atoms with E-state index in [1.807, 2.05) is 11.1 Å². The van der Waals surface area contributed by atoms with Crippen molar-refractivity contribution in [2.75, 3.05) is 31.1 Å². The number of carbonyl (C=O) groups is 2. The van der Waals surface area contributed by atoms with Gasteiger partial charge in [0.15, 0.2) is 5.13 Å². The molecular formula is C14H21N3O2S. The van der Waals surface area contributed by atoms with Crippen molar-refractivity contribution < 1.29 is 9.59 Å². The molecule has 6 heteroatoms. The van der Waals surface area contributed by atoms with E-state index in [1.54, 1.807) is 11.3 Å². The number of piperazine rings is 1.